The van der Waals surface area contributed by atoms with Gasteiger partial charge in [0.05, 0.1) is 12.2 Å². The normalized spacial score (nSPS) is 17.5. The van der Waals surface area contributed by atoms with Crippen molar-refractivity contribution in [1.82, 2.24) is 15.1 Å². The second kappa shape index (κ2) is 8.54. The Labute approximate surface area is 192 Å². The molecule has 1 aromatic heterocycles. The Morgan fingerprint density at radius 2 is 1.73 bits per heavy atom. The number of anilines is 2. The van der Waals surface area contributed by atoms with Crippen molar-refractivity contribution >= 4 is 29.1 Å². The van der Waals surface area contributed by atoms with E-state index < -0.39 is 5.54 Å². The van der Waals surface area contributed by atoms with Gasteiger partial charge in [0.2, 0.25) is 11.8 Å². The third-order valence-corrected chi connectivity index (χ3v) is 5.78. The number of carbonyl (C=O) groups is 3. The van der Waals surface area contributed by atoms with Crippen LogP contribution in [0.2, 0.25) is 0 Å². The minimum Gasteiger partial charge on any atom is -0.350 e. The summed E-state index contributed by atoms with van der Waals surface area (Å²) in [6.45, 7) is 7.58. The van der Waals surface area contributed by atoms with Gasteiger partial charge in [0, 0.05) is 24.8 Å². The van der Waals surface area contributed by atoms with Crippen LogP contribution in [-0.2, 0) is 22.7 Å². The number of rotatable bonds is 5. The molecule has 0 saturated heterocycles. The summed E-state index contributed by atoms with van der Waals surface area (Å²) >= 11 is 0. The summed E-state index contributed by atoms with van der Waals surface area (Å²) in [4.78, 5) is 39.9. The Kier molecular flexibility index (Phi) is 5.76. The highest BCUT2D eigenvalue weighted by molar-refractivity contribution is 6.12. The van der Waals surface area contributed by atoms with Gasteiger partial charge in [-0.2, -0.15) is 5.10 Å². The molecular weight excluding hydrogens is 418 g/mol. The van der Waals surface area contributed by atoms with Crippen molar-refractivity contribution in [1.29, 1.82) is 0 Å². The van der Waals surface area contributed by atoms with Gasteiger partial charge in [-0.05, 0) is 56.7 Å². The second-order valence-electron chi connectivity index (χ2n) is 8.64. The number of hydrogen-bond acceptors (Lipinski definition) is 4. The van der Waals surface area contributed by atoms with Crippen LogP contribution in [0.15, 0.2) is 54.6 Å². The van der Waals surface area contributed by atoms with Crippen LogP contribution in [0.3, 0.4) is 0 Å². The molecule has 0 aliphatic carbocycles. The molecular formula is C25H27N5O3. The van der Waals surface area contributed by atoms with Gasteiger partial charge < -0.3 is 10.6 Å². The first-order chi connectivity index (χ1) is 15.7. The number of benzene rings is 2. The molecule has 8 nitrogen and oxygen atoms in total. The summed E-state index contributed by atoms with van der Waals surface area (Å²) in [5, 5.41) is 10.1. The molecule has 0 radical (unpaired) electrons. The summed E-state index contributed by atoms with van der Waals surface area (Å²) in [6, 6.07) is 16.5. The number of nitrogens with zero attached hydrogens (tertiary/aromatic N) is 3. The van der Waals surface area contributed by atoms with E-state index in [0.717, 1.165) is 11.1 Å². The third kappa shape index (κ3) is 4.37. The molecule has 1 aliphatic heterocycles. The number of fused-ring (bicyclic) bond motifs is 1. The van der Waals surface area contributed by atoms with Crippen molar-refractivity contribution < 1.29 is 14.4 Å². The van der Waals surface area contributed by atoms with Crippen LogP contribution in [-0.4, -0.2) is 33.0 Å². The zero-order valence-corrected chi connectivity index (χ0v) is 19.2. The van der Waals surface area contributed by atoms with Gasteiger partial charge in [0.1, 0.15) is 11.2 Å². The number of aryl methyl sites for hydroxylation is 2. The molecule has 3 amide bonds. The molecule has 2 aromatic carbocycles. The zero-order chi connectivity index (χ0) is 23.8. The van der Waals surface area contributed by atoms with Crippen molar-refractivity contribution in [2.24, 2.45) is 0 Å². The fourth-order valence-electron chi connectivity index (χ4n) is 4.09. The molecule has 1 atom stereocenters. The Hall–Kier alpha value is -3.94. The molecule has 1 aliphatic rings. The smallest absolute Gasteiger partial charge is 0.277 e. The number of amides is 3. The lowest BCUT2D eigenvalue weighted by Gasteiger charge is -2.43. The van der Waals surface area contributed by atoms with Crippen molar-refractivity contribution in [3.63, 3.8) is 0 Å². The minimum absolute atomic E-state index is 0.184. The fourth-order valence-corrected chi connectivity index (χ4v) is 4.09. The highest BCUT2D eigenvalue weighted by Crippen LogP contribution is 2.33. The van der Waals surface area contributed by atoms with Crippen molar-refractivity contribution in [2.45, 2.75) is 46.3 Å². The first-order valence-electron chi connectivity index (χ1n) is 10.8. The topological polar surface area (TPSA) is 96.3 Å². The van der Waals surface area contributed by atoms with Gasteiger partial charge in [-0.1, -0.05) is 29.8 Å². The summed E-state index contributed by atoms with van der Waals surface area (Å²) in [5.41, 5.74) is 3.23. The van der Waals surface area contributed by atoms with E-state index in [1.807, 2.05) is 38.1 Å². The fraction of sp³-hybridized carbons (Fsp3) is 0.280. The van der Waals surface area contributed by atoms with E-state index >= 15 is 0 Å². The zero-order valence-electron chi connectivity index (χ0n) is 19.2. The molecule has 8 heteroatoms. The van der Waals surface area contributed by atoms with Gasteiger partial charge in [0.15, 0.2) is 0 Å². The van der Waals surface area contributed by atoms with Crippen LogP contribution >= 0.6 is 0 Å². The Balaban J connectivity index is 1.67. The molecule has 170 valence electrons. The standard InChI is InChI=1S/C25H27N5O3/c1-16-5-7-19(8-6-16)14-26-24(33)25(4)15-29-22(13-17(2)28-29)23(32)30(25)21-11-9-20(10-12-21)27-18(3)31/h5-13H,14-15H2,1-4H3,(H,26,33)(H,27,31). The summed E-state index contributed by atoms with van der Waals surface area (Å²) < 4.78 is 1.60. The molecule has 0 spiro atoms. The lowest BCUT2D eigenvalue weighted by Crippen LogP contribution is -2.64. The van der Waals surface area contributed by atoms with E-state index in [9.17, 15) is 14.4 Å². The molecule has 0 fully saturated rings. The maximum absolute atomic E-state index is 13.5. The number of hydrogen-bond donors (Lipinski definition) is 2. The first-order valence-corrected chi connectivity index (χ1v) is 10.8. The van der Waals surface area contributed by atoms with Crippen LogP contribution in [0, 0.1) is 13.8 Å². The summed E-state index contributed by atoms with van der Waals surface area (Å²) in [6.07, 6.45) is 0. The maximum Gasteiger partial charge on any atom is 0.277 e. The van der Waals surface area contributed by atoms with Crippen LogP contribution in [0.25, 0.3) is 0 Å². The SMILES string of the molecule is CC(=O)Nc1ccc(N2C(=O)c3cc(C)nn3CC2(C)C(=O)NCc2ccc(C)cc2)cc1. The van der Waals surface area contributed by atoms with E-state index in [2.05, 4.69) is 15.7 Å². The lowest BCUT2D eigenvalue weighted by molar-refractivity contribution is -0.126. The van der Waals surface area contributed by atoms with E-state index in [0.29, 0.717) is 29.3 Å². The quantitative estimate of drug-likeness (QED) is 0.630. The Morgan fingerprint density at radius 1 is 1.06 bits per heavy atom. The second-order valence-corrected chi connectivity index (χ2v) is 8.64. The van der Waals surface area contributed by atoms with Gasteiger partial charge in [-0.15, -0.1) is 0 Å². The van der Waals surface area contributed by atoms with Gasteiger partial charge in [0.25, 0.3) is 5.91 Å². The monoisotopic (exact) mass is 445 g/mol. The highest BCUT2D eigenvalue weighted by atomic mass is 16.2. The van der Waals surface area contributed by atoms with Gasteiger partial charge in [-0.3, -0.25) is 24.0 Å². The first kappa shape index (κ1) is 22.3. The lowest BCUT2D eigenvalue weighted by atomic mass is 9.93. The molecule has 33 heavy (non-hydrogen) atoms. The van der Waals surface area contributed by atoms with Gasteiger partial charge in [-0.25, -0.2) is 0 Å². The summed E-state index contributed by atoms with van der Waals surface area (Å²) in [7, 11) is 0. The average Bonchev–Trinajstić information content (AvgIpc) is 3.14. The number of carbonyl (C=O) groups excluding carboxylic acids is 3. The summed E-state index contributed by atoms with van der Waals surface area (Å²) in [5.74, 6) is -0.764. The van der Waals surface area contributed by atoms with Crippen molar-refractivity contribution in [3.05, 3.63) is 77.1 Å². The molecule has 2 heterocycles. The molecule has 1 unspecified atom stereocenters. The third-order valence-electron chi connectivity index (χ3n) is 5.78. The van der Waals surface area contributed by atoms with E-state index in [1.54, 1.807) is 41.9 Å². The maximum atomic E-state index is 13.5. The molecule has 0 bridgehead atoms. The Bertz CT molecular complexity index is 1210. The van der Waals surface area contributed by atoms with Crippen LogP contribution in [0.5, 0.6) is 0 Å². The molecule has 2 N–H and O–H groups in total. The van der Waals surface area contributed by atoms with Crippen molar-refractivity contribution in [3.8, 4) is 0 Å². The van der Waals surface area contributed by atoms with Crippen LogP contribution in [0.4, 0.5) is 11.4 Å². The number of nitrogens with one attached hydrogen (secondary N) is 2. The molecule has 0 saturated carbocycles. The highest BCUT2D eigenvalue weighted by Gasteiger charge is 2.48. The molecule has 4 rings (SSSR count). The van der Waals surface area contributed by atoms with E-state index in [-0.39, 0.29) is 24.3 Å². The van der Waals surface area contributed by atoms with E-state index in [4.69, 9.17) is 0 Å². The van der Waals surface area contributed by atoms with Gasteiger partial charge >= 0.3 is 0 Å². The van der Waals surface area contributed by atoms with Crippen LogP contribution < -0.4 is 15.5 Å². The predicted octanol–water partition coefficient (Wildman–Crippen LogP) is 3.19. The van der Waals surface area contributed by atoms with Crippen molar-refractivity contribution in [2.75, 3.05) is 10.2 Å². The van der Waals surface area contributed by atoms with Crippen LogP contribution in [0.1, 0.15) is 41.2 Å². The largest absolute Gasteiger partial charge is 0.350 e. The van der Waals surface area contributed by atoms with E-state index in [1.165, 1.54) is 11.8 Å². The Morgan fingerprint density at radius 3 is 2.36 bits per heavy atom. The number of aromatic nitrogens is 2. The minimum atomic E-state index is -1.21. The predicted molar refractivity (Wildman–Crippen MR) is 126 cm³/mol. The molecule has 3 aromatic rings. The average molecular weight is 446 g/mol.